The van der Waals surface area contributed by atoms with Crippen LogP contribution >= 0.6 is 0 Å². The van der Waals surface area contributed by atoms with Gasteiger partial charge in [0.05, 0.1) is 50.7 Å². The summed E-state index contributed by atoms with van der Waals surface area (Å²) in [5, 5.41) is 173. The molecule has 22 atom stereocenters. The summed E-state index contributed by atoms with van der Waals surface area (Å²) in [4.78, 5) is 50.3. The van der Waals surface area contributed by atoms with Crippen LogP contribution in [-0.2, 0) is 52.3 Å². The van der Waals surface area contributed by atoms with Crippen LogP contribution in [0.1, 0.15) is 26.7 Å². The van der Waals surface area contributed by atoms with Gasteiger partial charge < -0.3 is 125 Å². The largest absolute Gasteiger partial charge is 0.477 e. The summed E-state index contributed by atoms with van der Waals surface area (Å²) in [6.45, 7) is -2.75. The molecule has 4 aliphatic rings. The first-order valence-corrected chi connectivity index (χ1v) is 19.4. The van der Waals surface area contributed by atoms with Gasteiger partial charge in [-0.1, -0.05) is 0 Å². The van der Waals surface area contributed by atoms with Crippen molar-refractivity contribution in [3.63, 3.8) is 0 Å². The van der Waals surface area contributed by atoms with E-state index in [1.807, 2.05) is 0 Å². The van der Waals surface area contributed by atoms with Crippen LogP contribution in [0.4, 0.5) is 0 Å². The summed E-state index contributed by atoms with van der Waals surface area (Å²) in [7, 11) is 0. The molecule has 0 spiro atoms. The predicted molar refractivity (Wildman–Crippen MR) is 191 cm³/mol. The van der Waals surface area contributed by atoms with E-state index in [2.05, 4.69) is 10.6 Å². The highest BCUT2D eigenvalue weighted by Crippen LogP contribution is 2.40. The van der Waals surface area contributed by atoms with Gasteiger partial charge in [0.1, 0.15) is 85.5 Å². The zero-order valence-electron chi connectivity index (χ0n) is 33.4. The molecule has 0 aliphatic carbocycles. The van der Waals surface area contributed by atoms with E-state index < -0.39 is 197 Å². The van der Waals surface area contributed by atoms with Crippen LogP contribution < -0.4 is 10.6 Å². The van der Waals surface area contributed by atoms with E-state index in [0.717, 1.165) is 13.8 Å². The van der Waals surface area contributed by atoms with Crippen molar-refractivity contribution in [1.29, 1.82) is 0 Å². The number of carboxylic acid groups (broad SMARTS) is 2. The lowest BCUT2D eigenvalue weighted by molar-refractivity contribution is -0.387. The Kier molecular flexibility index (Phi) is 18.0. The van der Waals surface area contributed by atoms with E-state index in [0.29, 0.717) is 0 Å². The van der Waals surface area contributed by atoms with E-state index in [1.54, 1.807) is 0 Å². The molecule has 0 bridgehead atoms. The highest BCUT2D eigenvalue weighted by molar-refractivity contribution is 5.77. The molecule has 0 radical (unpaired) electrons. The maximum atomic E-state index is 13.1. The second kappa shape index (κ2) is 21.6. The second-order valence-corrected chi connectivity index (χ2v) is 15.5. The highest BCUT2D eigenvalue weighted by atomic mass is 16.8. The molecule has 4 saturated heterocycles. The zero-order valence-corrected chi connectivity index (χ0v) is 33.4. The van der Waals surface area contributed by atoms with E-state index in [9.17, 15) is 101 Å². The molecule has 18 N–H and O–H groups in total. The first-order valence-electron chi connectivity index (χ1n) is 19.4. The SMILES string of the molecule is CC(=O)N[C@@H]1[C@@H]([C@@H](O)[C@@H](CO)O[C@@]2(C(=O)O)C[C@@H](O)[C@@H](NC(C)=O)[C@@H]([C@@H](O)[C@H](O)CO)O2)O[C@@](O[C@H]2[C@H](O)[C@@H](O[C@H]3[C@@H](O)[C@@H](O)[C@H](O)O[C@H]3CO)O[C@@H](CO)[C@@H]2O)(C(=O)O)C[C@@H]1O. The number of carbonyl (C=O) groups is 4. The molecular weight excluding hydrogens is 868 g/mol. The molecule has 0 aromatic carbocycles. The first kappa shape index (κ1) is 52.7. The molecule has 29 nitrogen and oxygen atoms in total. The molecule has 4 rings (SSSR count). The van der Waals surface area contributed by atoms with E-state index >= 15 is 0 Å². The standard InChI is InChI=1S/C34H56N2O27/c1-9(41)35-17-11(43)3-33(31(53)54,61-26(17)19(46)13(45)5-37)60-15(7-39)21(48)27-18(36-10(2)42)12(44)4-34(62-27,32(55)56)63-28-20(47)14(6-38)58-30(24(28)51)59-25-16(8-40)57-29(52)23(50)22(25)49/h11-30,37-40,43-52H,3-8H2,1-2H3,(H,35,41)(H,36,42)(H,53,54)(H,55,56)/t11-,12+,13-,14+,15-,16+,17-,18+,19+,20+,21+,22+,23-,24+,25-,26+,27+,28-,29-,30-,33+,34+/m1/s1. The van der Waals surface area contributed by atoms with Crippen LogP contribution in [0.2, 0.25) is 0 Å². The Morgan fingerprint density at radius 1 is 0.651 bits per heavy atom. The Bertz CT molecular complexity index is 1560. The number of rotatable bonds is 18. The molecule has 4 heterocycles. The number of hydrogen-bond donors (Lipinski definition) is 18. The number of aliphatic hydroxyl groups excluding tert-OH is 14. The summed E-state index contributed by atoms with van der Waals surface area (Å²) in [5.74, 6) is -12.6. The van der Waals surface area contributed by atoms with Gasteiger partial charge in [-0.2, -0.15) is 0 Å². The lowest BCUT2D eigenvalue weighted by Gasteiger charge is -2.51. The Morgan fingerprint density at radius 2 is 1.16 bits per heavy atom. The lowest BCUT2D eigenvalue weighted by atomic mass is 9.87. The normalized spacial score (nSPS) is 42.9. The summed E-state index contributed by atoms with van der Waals surface area (Å²) < 4.78 is 38.4. The third-order valence-corrected chi connectivity index (χ3v) is 11.0. The monoisotopic (exact) mass is 924 g/mol. The van der Waals surface area contributed by atoms with Crippen LogP contribution in [0.5, 0.6) is 0 Å². The summed E-state index contributed by atoms with van der Waals surface area (Å²) >= 11 is 0. The van der Waals surface area contributed by atoms with Gasteiger partial charge in [0.15, 0.2) is 12.6 Å². The minimum Gasteiger partial charge on any atom is -0.477 e. The van der Waals surface area contributed by atoms with Gasteiger partial charge in [-0.15, -0.1) is 0 Å². The number of aliphatic hydroxyl groups is 14. The molecule has 0 unspecified atom stereocenters. The van der Waals surface area contributed by atoms with Crippen molar-refractivity contribution in [2.75, 3.05) is 26.4 Å². The number of aliphatic carboxylic acids is 2. The minimum absolute atomic E-state index is 0.837. The average molecular weight is 925 g/mol. The zero-order chi connectivity index (χ0) is 47.5. The third-order valence-electron chi connectivity index (χ3n) is 11.0. The molecule has 2 amide bonds. The number of amides is 2. The second-order valence-electron chi connectivity index (χ2n) is 15.5. The maximum absolute atomic E-state index is 13.1. The van der Waals surface area contributed by atoms with Crippen molar-refractivity contribution >= 4 is 23.8 Å². The molecule has 364 valence electrons. The van der Waals surface area contributed by atoms with Crippen molar-refractivity contribution < 1.29 is 134 Å². The summed E-state index contributed by atoms with van der Waals surface area (Å²) in [5.41, 5.74) is 0. The van der Waals surface area contributed by atoms with Crippen LogP contribution in [0.15, 0.2) is 0 Å². The van der Waals surface area contributed by atoms with E-state index in [-0.39, 0.29) is 0 Å². The van der Waals surface area contributed by atoms with Crippen molar-refractivity contribution in [3.8, 4) is 0 Å². The van der Waals surface area contributed by atoms with E-state index in [1.165, 1.54) is 0 Å². The summed E-state index contributed by atoms with van der Waals surface area (Å²) in [6.07, 6.45) is -40.7. The molecule has 4 aliphatic heterocycles. The lowest BCUT2D eigenvalue weighted by Crippen LogP contribution is -2.72. The predicted octanol–water partition coefficient (Wildman–Crippen LogP) is -11.0. The van der Waals surface area contributed by atoms with Crippen molar-refractivity contribution in [1.82, 2.24) is 10.6 Å². The van der Waals surface area contributed by atoms with E-state index in [4.69, 9.17) is 33.2 Å². The fraction of sp³-hybridized carbons (Fsp3) is 0.882. The third kappa shape index (κ3) is 11.2. The number of ether oxygens (including phenoxy) is 7. The van der Waals surface area contributed by atoms with Gasteiger partial charge in [0, 0.05) is 26.7 Å². The smallest absolute Gasteiger partial charge is 0.364 e. The average Bonchev–Trinajstić information content (AvgIpc) is 3.22. The Hall–Kier alpha value is -2.96. The van der Waals surface area contributed by atoms with Gasteiger partial charge in [-0.3, -0.25) is 9.59 Å². The Balaban J connectivity index is 1.72. The van der Waals surface area contributed by atoms with Crippen molar-refractivity contribution in [3.05, 3.63) is 0 Å². The molecule has 0 aromatic heterocycles. The van der Waals surface area contributed by atoms with Gasteiger partial charge in [-0.25, -0.2) is 9.59 Å². The van der Waals surface area contributed by atoms with Crippen LogP contribution in [0.3, 0.4) is 0 Å². The fourth-order valence-corrected chi connectivity index (χ4v) is 7.76. The molecule has 0 saturated carbocycles. The molecule has 63 heavy (non-hydrogen) atoms. The Labute approximate surface area is 355 Å². The molecule has 4 fully saturated rings. The highest BCUT2D eigenvalue weighted by Gasteiger charge is 2.62. The number of hydrogen-bond acceptors (Lipinski definition) is 25. The fourth-order valence-electron chi connectivity index (χ4n) is 7.76. The number of nitrogens with one attached hydrogen (secondary N) is 2. The number of carbonyl (C=O) groups excluding carboxylic acids is 2. The van der Waals surface area contributed by atoms with Crippen LogP contribution in [-0.4, -0.2) is 266 Å². The summed E-state index contributed by atoms with van der Waals surface area (Å²) in [6, 6.07) is -3.57. The molecule has 29 heteroatoms. The molecular formula is C34H56N2O27. The van der Waals surface area contributed by atoms with Gasteiger partial charge in [0.25, 0.3) is 11.6 Å². The Morgan fingerprint density at radius 3 is 1.63 bits per heavy atom. The topological polar surface area (TPSA) is 481 Å². The maximum Gasteiger partial charge on any atom is 0.364 e. The van der Waals surface area contributed by atoms with Crippen molar-refractivity contribution in [2.24, 2.45) is 0 Å². The van der Waals surface area contributed by atoms with Crippen LogP contribution in [0.25, 0.3) is 0 Å². The van der Waals surface area contributed by atoms with Gasteiger partial charge in [0.2, 0.25) is 11.8 Å². The first-order chi connectivity index (χ1) is 29.4. The van der Waals surface area contributed by atoms with Crippen LogP contribution in [0, 0.1) is 0 Å². The molecule has 0 aromatic rings. The minimum atomic E-state index is -3.33. The van der Waals surface area contributed by atoms with Gasteiger partial charge in [-0.05, 0) is 0 Å². The quantitative estimate of drug-likeness (QED) is 0.0607. The number of carboxylic acids is 2. The van der Waals surface area contributed by atoms with Gasteiger partial charge >= 0.3 is 11.9 Å². The van der Waals surface area contributed by atoms with Crippen molar-refractivity contribution in [2.45, 2.75) is 161 Å².